The van der Waals surface area contributed by atoms with E-state index >= 15 is 0 Å². The van der Waals surface area contributed by atoms with Gasteiger partial charge in [0, 0.05) is 30.3 Å². The molecule has 62 heavy (non-hydrogen) atoms. The van der Waals surface area contributed by atoms with Crippen molar-refractivity contribution in [1.29, 1.82) is 0 Å². The van der Waals surface area contributed by atoms with Crippen molar-refractivity contribution in [2.45, 2.75) is 83.8 Å². The summed E-state index contributed by atoms with van der Waals surface area (Å²) in [7, 11) is 0. The van der Waals surface area contributed by atoms with Gasteiger partial charge in [0.25, 0.3) is 0 Å². The Balaban J connectivity index is 0.000000574. The number of aromatic nitrogens is 2. The van der Waals surface area contributed by atoms with Gasteiger partial charge in [-0.2, -0.15) is 0 Å². The van der Waals surface area contributed by atoms with Gasteiger partial charge in [0.1, 0.15) is 43.1 Å². The third kappa shape index (κ3) is 17.8. The summed E-state index contributed by atoms with van der Waals surface area (Å²) >= 11 is 0. The standard InChI is InChI=1S/C34H44N6O7.C10H13N2O3/c1-21(2)15-26(32(43)40-29(22(3)4)33(44)45)37-31(42)28(17-25-18-35-20-36-25)38-30(41)27(16-23-11-7-5-8-12-23)39-34(46)47-19-24-13-9-6-10-14-24;11-5-8(13)6-15-9-3-1-2-7(4-9)10(12)14/h5-14,18,20-22,26-29H,15-17,19H2,1-4H3,(H,35,36)(H,37,42)(H,38,41)(H,39,46)(H,40,43)(H,44,45);1-4,8,11,13H,5-6H2,(H2,12,14)/q;-1/t26-,27-,28-,29-;/m0./s1. The van der Waals surface area contributed by atoms with Crippen molar-refractivity contribution in [3.05, 3.63) is 126 Å². The fourth-order valence-electron chi connectivity index (χ4n) is 5.80. The number of aliphatic carboxylic acids is 1. The molecule has 0 saturated heterocycles. The lowest BCUT2D eigenvalue weighted by atomic mass is 9.99. The molecule has 1 unspecified atom stereocenters. The van der Waals surface area contributed by atoms with E-state index in [1.807, 2.05) is 50.2 Å². The lowest BCUT2D eigenvalue weighted by Gasteiger charge is -2.27. The summed E-state index contributed by atoms with van der Waals surface area (Å²) < 4.78 is 10.5. The van der Waals surface area contributed by atoms with E-state index in [1.165, 1.54) is 18.6 Å². The number of imidazole rings is 1. The molecule has 0 radical (unpaired) electrons. The van der Waals surface area contributed by atoms with E-state index in [-0.39, 0.29) is 44.9 Å². The number of aromatic amines is 1. The lowest BCUT2D eigenvalue weighted by molar-refractivity contribution is -0.143. The first kappa shape index (κ1) is 49.6. The number of H-pyrrole nitrogens is 1. The third-order valence-corrected chi connectivity index (χ3v) is 9.08. The molecule has 1 aromatic heterocycles. The van der Waals surface area contributed by atoms with Crippen molar-refractivity contribution < 1.29 is 48.5 Å². The minimum absolute atomic E-state index is 0.00392. The van der Waals surface area contributed by atoms with Crippen LogP contribution in [0.3, 0.4) is 0 Å². The highest BCUT2D eigenvalue weighted by Gasteiger charge is 2.33. The van der Waals surface area contributed by atoms with Crippen LogP contribution in [0.1, 0.15) is 61.3 Å². The average Bonchev–Trinajstić information content (AvgIpc) is 3.77. The van der Waals surface area contributed by atoms with Crippen LogP contribution in [0.4, 0.5) is 4.79 Å². The van der Waals surface area contributed by atoms with Crippen molar-refractivity contribution in [1.82, 2.24) is 31.2 Å². The Hall–Kier alpha value is -6.79. The van der Waals surface area contributed by atoms with Crippen LogP contribution < -0.4 is 31.7 Å². The molecule has 0 saturated carbocycles. The molecule has 5 amide bonds. The number of primary amides is 1. The number of carbonyl (C=O) groups excluding carboxylic acids is 5. The van der Waals surface area contributed by atoms with E-state index in [9.17, 15) is 33.9 Å². The first-order chi connectivity index (χ1) is 29.6. The van der Waals surface area contributed by atoms with Gasteiger partial charge in [-0.05, 0) is 47.6 Å². The number of carboxylic acid groups (broad SMARTS) is 1. The van der Waals surface area contributed by atoms with Gasteiger partial charge in [0.2, 0.25) is 23.6 Å². The average molecular weight is 858 g/mol. The number of amides is 5. The van der Waals surface area contributed by atoms with Gasteiger partial charge in [-0.25, -0.2) is 14.6 Å². The molecule has 0 aliphatic carbocycles. The van der Waals surface area contributed by atoms with Crippen LogP contribution in [-0.2, 0) is 43.4 Å². The second-order valence-corrected chi connectivity index (χ2v) is 15.1. The van der Waals surface area contributed by atoms with Crippen LogP contribution in [0.2, 0.25) is 0 Å². The van der Waals surface area contributed by atoms with Gasteiger partial charge in [-0.3, -0.25) is 19.2 Å². The fraction of sp³-hybridized carbons (Fsp3) is 0.386. The number of nitrogens with one attached hydrogen (secondary N) is 6. The normalized spacial score (nSPS) is 13.2. The van der Waals surface area contributed by atoms with E-state index in [0.717, 1.165) is 11.1 Å². The van der Waals surface area contributed by atoms with Crippen LogP contribution in [0.5, 0.6) is 5.75 Å². The molecule has 5 atom stereocenters. The molecule has 334 valence electrons. The van der Waals surface area contributed by atoms with Crippen LogP contribution in [0, 0.1) is 11.8 Å². The van der Waals surface area contributed by atoms with Crippen LogP contribution in [0.25, 0.3) is 5.73 Å². The number of nitrogens with zero attached hydrogens (tertiary/aromatic N) is 1. The summed E-state index contributed by atoms with van der Waals surface area (Å²) in [5.41, 5.74) is 14.4. The monoisotopic (exact) mass is 857 g/mol. The van der Waals surface area contributed by atoms with Crippen molar-refractivity contribution in [2.24, 2.45) is 17.6 Å². The highest BCUT2D eigenvalue weighted by Crippen LogP contribution is 2.14. The number of nitrogens with two attached hydrogens (primary N) is 1. The van der Waals surface area contributed by atoms with Crippen molar-refractivity contribution in [3.8, 4) is 5.75 Å². The molecule has 0 bridgehead atoms. The van der Waals surface area contributed by atoms with Gasteiger partial charge in [-0.1, -0.05) is 94.4 Å². The van der Waals surface area contributed by atoms with E-state index in [4.69, 9.17) is 26.0 Å². The Morgan fingerprint density at radius 1 is 0.774 bits per heavy atom. The fourth-order valence-corrected chi connectivity index (χ4v) is 5.80. The smallest absolute Gasteiger partial charge is 0.408 e. The predicted octanol–water partition coefficient (Wildman–Crippen LogP) is 3.31. The Kier molecular flexibility index (Phi) is 20.6. The minimum atomic E-state index is -1.19. The number of hydrogen-bond acceptors (Lipinski definition) is 10. The zero-order valence-electron chi connectivity index (χ0n) is 35.2. The molecule has 4 aromatic rings. The molecule has 10 N–H and O–H groups in total. The number of rotatable bonds is 22. The van der Waals surface area contributed by atoms with Gasteiger partial charge in [-0.15, -0.1) is 6.54 Å². The molecule has 18 heteroatoms. The van der Waals surface area contributed by atoms with Crippen LogP contribution in [0.15, 0.2) is 97.5 Å². The summed E-state index contributed by atoms with van der Waals surface area (Å²) in [6.07, 6.45) is 1.63. The molecular weight excluding hydrogens is 801 g/mol. The van der Waals surface area contributed by atoms with Gasteiger partial charge in [0.05, 0.1) is 12.4 Å². The van der Waals surface area contributed by atoms with Gasteiger partial charge in [0.15, 0.2) is 0 Å². The van der Waals surface area contributed by atoms with Gasteiger partial charge < -0.3 is 57.4 Å². The highest BCUT2D eigenvalue weighted by molar-refractivity contribution is 5.95. The first-order valence-electron chi connectivity index (χ1n) is 20.0. The quantitative estimate of drug-likeness (QED) is 0.0567. The summed E-state index contributed by atoms with van der Waals surface area (Å²) in [4.78, 5) is 83.0. The molecule has 3 aromatic carbocycles. The number of ether oxygens (including phenoxy) is 2. The third-order valence-electron chi connectivity index (χ3n) is 9.08. The zero-order chi connectivity index (χ0) is 45.6. The van der Waals surface area contributed by atoms with Crippen molar-refractivity contribution >= 4 is 35.7 Å². The van der Waals surface area contributed by atoms with Crippen molar-refractivity contribution in [2.75, 3.05) is 13.2 Å². The Morgan fingerprint density at radius 2 is 1.37 bits per heavy atom. The number of alkyl carbamates (subject to hydrolysis) is 1. The molecule has 0 aliphatic heterocycles. The number of carboxylic acids is 1. The molecule has 0 fully saturated rings. The van der Waals surface area contributed by atoms with E-state index < -0.39 is 71.9 Å². The molecule has 18 nitrogen and oxygen atoms in total. The largest absolute Gasteiger partial charge is 0.675 e. The van der Waals surface area contributed by atoms with E-state index in [2.05, 4.69) is 31.2 Å². The Morgan fingerprint density at radius 3 is 1.92 bits per heavy atom. The molecule has 1 heterocycles. The lowest BCUT2D eigenvalue weighted by Crippen LogP contribution is -2.59. The second kappa shape index (κ2) is 25.7. The molecular formula is C44H57N8O10-. The first-order valence-corrected chi connectivity index (χ1v) is 20.0. The molecule has 4 rings (SSSR count). The number of benzene rings is 3. The maximum absolute atomic E-state index is 13.8. The van der Waals surface area contributed by atoms with Crippen LogP contribution in [-0.4, -0.2) is 99.3 Å². The number of aliphatic hydroxyl groups is 1. The number of aliphatic hydroxyl groups excluding tert-OH is 1. The highest BCUT2D eigenvalue weighted by atomic mass is 16.5. The van der Waals surface area contributed by atoms with Crippen LogP contribution >= 0.6 is 0 Å². The summed E-state index contributed by atoms with van der Waals surface area (Å²) in [5, 5.41) is 29.3. The maximum Gasteiger partial charge on any atom is 0.408 e. The van der Waals surface area contributed by atoms with Crippen molar-refractivity contribution in [3.63, 3.8) is 0 Å². The molecule has 0 spiro atoms. The summed E-state index contributed by atoms with van der Waals surface area (Å²) in [6, 6.07) is 20.0. The Bertz CT molecular complexity index is 2020. The van der Waals surface area contributed by atoms with E-state index in [0.29, 0.717) is 17.0 Å². The SMILES string of the molecule is CC(C)C[C@H](NC(=O)[C@H](Cc1cnc[nH]1)NC(=O)[C@H](Cc1ccccc1)NC(=O)OCc1ccccc1)C(=O)N[C@H](C(=O)O)C(C)C.[NH-]CC(O)COc1cccc(C(N)=O)c1. The molecule has 0 aliphatic rings. The summed E-state index contributed by atoms with van der Waals surface area (Å²) in [6.45, 7) is 6.98. The van der Waals surface area contributed by atoms with E-state index in [1.54, 1.807) is 56.3 Å². The Labute approximate surface area is 360 Å². The number of carbonyl (C=O) groups is 6. The second-order valence-electron chi connectivity index (χ2n) is 15.1. The maximum atomic E-state index is 13.8. The zero-order valence-corrected chi connectivity index (χ0v) is 35.2. The van der Waals surface area contributed by atoms with Gasteiger partial charge >= 0.3 is 12.1 Å². The minimum Gasteiger partial charge on any atom is -0.675 e. The summed E-state index contributed by atoms with van der Waals surface area (Å²) in [5.74, 6) is -3.66. The number of hydrogen-bond donors (Lipinski definition) is 8. The predicted molar refractivity (Wildman–Crippen MR) is 229 cm³/mol. The topological polar surface area (TPSA) is 288 Å².